The van der Waals surface area contributed by atoms with E-state index in [-0.39, 0.29) is 30.4 Å². The molecule has 228 valence electrons. The highest BCUT2D eigenvalue weighted by Crippen LogP contribution is 2.35. The number of hydrogen-bond acceptors (Lipinski definition) is 8. The minimum absolute atomic E-state index is 0.0468. The Morgan fingerprint density at radius 2 is 1.81 bits per heavy atom. The number of benzene rings is 2. The topological polar surface area (TPSA) is 140 Å². The molecule has 2 atom stereocenters. The lowest BCUT2D eigenvalue weighted by Gasteiger charge is -2.32. The summed E-state index contributed by atoms with van der Waals surface area (Å²) < 4.78 is 61.3. The van der Waals surface area contributed by atoms with Crippen molar-refractivity contribution in [3.8, 4) is 0 Å². The Kier molecular flexibility index (Phi) is 9.11. The lowest BCUT2D eigenvalue weighted by molar-refractivity contribution is -0.384. The second kappa shape index (κ2) is 12.6. The fourth-order valence-corrected chi connectivity index (χ4v) is 4.51. The van der Waals surface area contributed by atoms with Gasteiger partial charge in [0.2, 0.25) is 5.95 Å². The maximum absolute atomic E-state index is 15.3. The maximum Gasteiger partial charge on any atom is 0.419 e. The number of urea groups is 1. The molecule has 3 aromatic rings. The first-order chi connectivity index (χ1) is 20.2. The fraction of sp³-hybridized carbons (Fsp3) is 0.357. The summed E-state index contributed by atoms with van der Waals surface area (Å²) in [5.74, 6) is -2.24. The predicted molar refractivity (Wildman–Crippen MR) is 146 cm³/mol. The van der Waals surface area contributed by atoms with Crippen molar-refractivity contribution >= 4 is 23.6 Å². The van der Waals surface area contributed by atoms with E-state index in [1.165, 1.54) is 11.8 Å². The third-order valence-electron chi connectivity index (χ3n) is 6.68. The summed E-state index contributed by atoms with van der Waals surface area (Å²) in [6.45, 7) is 5.37. The minimum atomic E-state index is -5.02. The van der Waals surface area contributed by atoms with Gasteiger partial charge in [0.05, 0.1) is 34.3 Å². The molecule has 0 unspecified atom stereocenters. The standard InChI is InChI=1S/C28H28F4N6O5/c1-15(2)34-26-33-13-18-11-12-37(14-22(18)35-26)27(40)36-24(20-5-4-6-21(23(20)29)28(30,31)32)16(3)43-25(39)17-7-9-19(10-8-17)38(41)42/h4-10,13,15-16,24H,11-12,14H2,1-3H3,(H,36,40)(H,33,34,35)/t16-,24-/m1/s1. The Morgan fingerprint density at radius 3 is 2.44 bits per heavy atom. The molecule has 15 heteroatoms. The van der Waals surface area contributed by atoms with E-state index in [2.05, 4.69) is 20.6 Å². The third-order valence-corrected chi connectivity index (χ3v) is 6.68. The Hall–Kier alpha value is -4.82. The first-order valence-corrected chi connectivity index (χ1v) is 13.2. The number of amides is 2. The molecule has 0 aliphatic carbocycles. The second-order valence-corrected chi connectivity index (χ2v) is 10.2. The van der Waals surface area contributed by atoms with Crippen molar-refractivity contribution < 1.29 is 36.8 Å². The zero-order valence-corrected chi connectivity index (χ0v) is 23.3. The average Bonchev–Trinajstić information content (AvgIpc) is 2.94. The van der Waals surface area contributed by atoms with E-state index in [0.29, 0.717) is 24.1 Å². The maximum atomic E-state index is 15.3. The highest BCUT2D eigenvalue weighted by atomic mass is 19.4. The molecule has 0 saturated carbocycles. The molecule has 1 aliphatic rings. The second-order valence-electron chi connectivity index (χ2n) is 10.2. The predicted octanol–water partition coefficient (Wildman–Crippen LogP) is 5.42. The number of alkyl halides is 3. The highest BCUT2D eigenvalue weighted by molar-refractivity contribution is 5.89. The summed E-state index contributed by atoms with van der Waals surface area (Å²) >= 11 is 0. The number of nitrogens with zero attached hydrogens (tertiary/aromatic N) is 4. The molecule has 2 heterocycles. The molecule has 0 bridgehead atoms. The van der Waals surface area contributed by atoms with Crippen molar-refractivity contribution in [2.24, 2.45) is 0 Å². The van der Waals surface area contributed by atoms with Crippen LogP contribution in [-0.2, 0) is 23.9 Å². The van der Waals surface area contributed by atoms with Crippen LogP contribution in [-0.4, -0.2) is 50.5 Å². The van der Waals surface area contributed by atoms with E-state index in [0.717, 1.165) is 42.0 Å². The summed E-state index contributed by atoms with van der Waals surface area (Å²) in [7, 11) is 0. The summed E-state index contributed by atoms with van der Waals surface area (Å²) in [6.07, 6.45) is -4.34. The smallest absolute Gasteiger partial charge is 0.419 e. The van der Waals surface area contributed by atoms with Gasteiger partial charge in [0.15, 0.2) is 0 Å². The number of carbonyl (C=O) groups is 2. The molecular formula is C28H28F4N6O5. The van der Waals surface area contributed by atoms with Crippen LogP contribution in [0.5, 0.6) is 0 Å². The first-order valence-electron chi connectivity index (χ1n) is 13.2. The Labute approximate surface area is 243 Å². The number of nitro benzene ring substituents is 1. The number of non-ortho nitro benzene ring substituents is 1. The van der Waals surface area contributed by atoms with Gasteiger partial charge in [0, 0.05) is 36.5 Å². The van der Waals surface area contributed by atoms with Crippen LogP contribution in [0.2, 0.25) is 0 Å². The molecule has 0 spiro atoms. The highest BCUT2D eigenvalue weighted by Gasteiger charge is 2.38. The molecule has 1 aromatic heterocycles. The Balaban J connectivity index is 1.60. The van der Waals surface area contributed by atoms with E-state index in [9.17, 15) is 32.9 Å². The number of nitrogens with one attached hydrogen (secondary N) is 2. The van der Waals surface area contributed by atoms with Gasteiger partial charge >= 0.3 is 18.2 Å². The van der Waals surface area contributed by atoms with Crippen molar-refractivity contribution in [3.63, 3.8) is 0 Å². The molecule has 4 rings (SSSR count). The number of halogens is 4. The van der Waals surface area contributed by atoms with E-state index in [1.54, 1.807) is 6.20 Å². The van der Waals surface area contributed by atoms with Gasteiger partial charge in [-0.05, 0) is 51.0 Å². The van der Waals surface area contributed by atoms with Crippen LogP contribution in [0, 0.1) is 15.9 Å². The van der Waals surface area contributed by atoms with Crippen molar-refractivity contribution in [1.82, 2.24) is 20.2 Å². The van der Waals surface area contributed by atoms with Crippen LogP contribution in [0.25, 0.3) is 0 Å². The van der Waals surface area contributed by atoms with Gasteiger partial charge in [-0.3, -0.25) is 10.1 Å². The molecule has 0 saturated heterocycles. The summed E-state index contributed by atoms with van der Waals surface area (Å²) in [5.41, 5.74) is -1.07. The number of anilines is 1. The molecule has 1 aliphatic heterocycles. The quantitative estimate of drug-likeness (QED) is 0.150. The number of fused-ring (bicyclic) bond motifs is 1. The number of ether oxygens (including phenoxy) is 1. The molecule has 2 amide bonds. The van der Waals surface area contributed by atoms with E-state index < -0.39 is 52.2 Å². The normalized spacial score (nSPS) is 14.5. The molecular weight excluding hydrogens is 576 g/mol. The zero-order valence-electron chi connectivity index (χ0n) is 23.3. The Bertz CT molecular complexity index is 1520. The monoisotopic (exact) mass is 604 g/mol. The first kappa shape index (κ1) is 31.1. The van der Waals surface area contributed by atoms with Crippen LogP contribution in [0.4, 0.5) is 34.0 Å². The molecule has 2 aromatic carbocycles. The summed E-state index contributed by atoms with van der Waals surface area (Å²) in [4.78, 5) is 46.6. The van der Waals surface area contributed by atoms with E-state index >= 15 is 4.39 Å². The van der Waals surface area contributed by atoms with Crippen molar-refractivity contribution in [1.29, 1.82) is 0 Å². The number of hydrogen-bond donors (Lipinski definition) is 2. The van der Waals surface area contributed by atoms with E-state index in [1.807, 2.05) is 13.8 Å². The van der Waals surface area contributed by atoms with Gasteiger partial charge in [-0.2, -0.15) is 13.2 Å². The van der Waals surface area contributed by atoms with Crippen LogP contribution in [0.15, 0.2) is 48.7 Å². The zero-order chi connectivity index (χ0) is 31.5. The summed E-state index contributed by atoms with van der Waals surface area (Å²) in [6, 6.07) is 4.82. The molecule has 11 nitrogen and oxygen atoms in total. The fourth-order valence-electron chi connectivity index (χ4n) is 4.51. The largest absolute Gasteiger partial charge is 0.457 e. The molecule has 2 N–H and O–H groups in total. The number of aromatic nitrogens is 2. The SMILES string of the molecule is CC(C)Nc1ncc2c(n1)CN(C(=O)N[C@@H](c1cccc(C(F)(F)F)c1F)[C@@H](C)OC(=O)c1ccc([N+](=O)[O-])cc1)CC2. The van der Waals surface area contributed by atoms with Gasteiger partial charge in [0.25, 0.3) is 5.69 Å². The average molecular weight is 605 g/mol. The number of rotatable bonds is 8. The molecule has 43 heavy (non-hydrogen) atoms. The third kappa shape index (κ3) is 7.34. The lowest BCUT2D eigenvalue weighted by atomic mass is 9.98. The van der Waals surface area contributed by atoms with Crippen LogP contribution < -0.4 is 10.6 Å². The van der Waals surface area contributed by atoms with Crippen LogP contribution in [0.3, 0.4) is 0 Å². The number of esters is 1. The lowest BCUT2D eigenvalue weighted by Crippen LogP contribution is -2.47. The molecule has 0 fully saturated rings. The van der Waals surface area contributed by atoms with Gasteiger partial charge < -0.3 is 20.3 Å². The molecule has 0 radical (unpaired) electrons. The van der Waals surface area contributed by atoms with E-state index in [4.69, 9.17) is 4.74 Å². The van der Waals surface area contributed by atoms with Gasteiger partial charge in [-0.25, -0.2) is 23.9 Å². The van der Waals surface area contributed by atoms with Crippen molar-refractivity contribution in [2.45, 2.75) is 58.1 Å². The number of nitro groups is 1. The van der Waals surface area contributed by atoms with Gasteiger partial charge in [-0.15, -0.1) is 0 Å². The van der Waals surface area contributed by atoms with Crippen LogP contribution in [0.1, 0.15) is 59.6 Å². The number of carbonyl (C=O) groups excluding carboxylic acids is 2. The summed E-state index contributed by atoms with van der Waals surface area (Å²) in [5, 5.41) is 16.5. The minimum Gasteiger partial charge on any atom is -0.457 e. The van der Waals surface area contributed by atoms with Crippen molar-refractivity contribution in [2.75, 3.05) is 11.9 Å². The van der Waals surface area contributed by atoms with Gasteiger partial charge in [0.1, 0.15) is 11.9 Å². The van der Waals surface area contributed by atoms with Crippen LogP contribution >= 0.6 is 0 Å². The van der Waals surface area contributed by atoms with Crippen molar-refractivity contribution in [3.05, 3.63) is 92.5 Å². The Morgan fingerprint density at radius 1 is 1.12 bits per heavy atom. The van der Waals surface area contributed by atoms with Gasteiger partial charge in [-0.1, -0.05) is 12.1 Å².